The quantitative estimate of drug-likeness (QED) is 0.822. The Morgan fingerprint density at radius 3 is 2.83 bits per heavy atom. The fourth-order valence-corrected chi connectivity index (χ4v) is 2.42. The summed E-state index contributed by atoms with van der Waals surface area (Å²) in [5, 5.41) is 0. The summed E-state index contributed by atoms with van der Waals surface area (Å²) in [5.74, 6) is 0.541. The SMILES string of the molecule is O=C1CC(c2ccccc2)CN1Cn1ccnc1. The van der Waals surface area contributed by atoms with Crippen molar-refractivity contribution < 1.29 is 4.79 Å². The zero-order valence-corrected chi connectivity index (χ0v) is 10.1. The molecule has 1 aromatic carbocycles. The van der Waals surface area contributed by atoms with Crippen molar-refractivity contribution in [3.8, 4) is 0 Å². The van der Waals surface area contributed by atoms with E-state index in [-0.39, 0.29) is 5.91 Å². The number of rotatable bonds is 3. The monoisotopic (exact) mass is 241 g/mol. The van der Waals surface area contributed by atoms with Crippen LogP contribution in [0.15, 0.2) is 49.1 Å². The van der Waals surface area contributed by atoms with Gasteiger partial charge in [-0.25, -0.2) is 4.98 Å². The van der Waals surface area contributed by atoms with Crippen LogP contribution in [-0.2, 0) is 11.5 Å². The molecule has 3 rings (SSSR count). The van der Waals surface area contributed by atoms with Crippen molar-refractivity contribution in [2.75, 3.05) is 6.54 Å². The molecule has 1 fully saturated rings. The Bertz CT molecular complexity index is 521. The van der Waals surface area contributed by atoms with Gasteiger partial charge in [0.15, 0.2) is 0 Å². The van der Waals surface area contributed by atoms with Crippen LogP contribution in [0.3, 0.4) is 0 Å². The second-order valence-electron chi connectivity index (χ2n) is 4.65. The number of carbonyl (C=O) groups excluding carboxylic acids is 1. The molecular formula is C14H15N3O. The molecule has 2 heterocycles. The molecule has 1 amide bonds. The predicted molar refractivity (Wildman–Crippen MR) is 67.7 cm³/mol. The fraction of sp³-hybridized carbons (Fsp3) is 0.286. The molecule has 1 unspecified atom stereocenters. The van der Waals surface area contributed by atoms with E-state index in [9.17, 15) is 4.79 Å². The molecule has 0 saturated carbocycles. The van der Waals surface area contributed by atoms with Crippen LogP contribution in [0.4, 0.5) is 0 Å². The summed E-state index contributed by atoms with van der Waals surface area (Å²) in [6, 6.07) is 10.2. The van der Waals surface area contributed by atoms with Gasteiger partial charge in [-0.05, 0) is 5.56 Å². The maximum atomic E-state index is 12.0. The summed E-state index contributed by atoms with van der Waals surface area (Å²) < 4.78 is 1.92. The molecule has 0 N–H and O–H groups in total. The van der Waals surface area contributed by atoms with Gasteiger partial charge >= 0.3 is 0 Å². The minimum atomic E-state index is 0.220. The lowest BCUT2D eigenvalue weighted by molar-refractivity contribution is -0.129. The molecule has 92 valence electrons. The largest absolute Gasteiger partial charge is 0.324 e. The molecule has 0 aliphatic carbocycles. The summed E-state index contributed by atoms with van der Waals surface area (Å²) in [5.41, 5.74) is 1.25. The van der Waals surface area contributed by atoms with Crippen LogP contribution in [0.1, 0.15) is 17.9 Å². The van der Waals surface area contributed by atoms with E-state index in [1.165, 1.54) is 5.56 Å². The van der Waals surface area contributed by atoms with Gasteiger partial charge in [0, 0.05) is 31.3 Å². The molecule has 0 bridgehead atoms. The minimum absolute atomic E-state index is 0.220. The lowest BCUT2D eigenvalue weighted by Gasteiger charge is -2.17. The third kappa shape index (κ3) is 2.14. The van der Waals surface area contributed by atoms with Gasteiger partial charge in [-0.15, -0.1) is 0 Å². The minimum Gasteiger partial charge on any atom is -0.324 e. The molecule has 4 heteroatoms. The van der Waals surface area contributed by atoms with Gasteiger partial charge in [0.1, 0.15) is 0 Å². The number of carbonyl (C=O) groups is 1. The number of nitrogens with zero attached hydrogens (tertiary/aromatic N) is 3. The highest BCUT2D eigenvalue weighted by Gasteiger charge is 2.30. The van der Waals surface area contributed by atoms with E-state index < -0.39 is 0 Å². The van der Waals surface area contributed by atoms with Crippen LogP contribution >= 0.6 is 0 Å². The number of hydrogen-bond donors (Lipinski definition) is 0. The average molecular weight is 241 g/mol. The van der Waals surface area contributed by atoms with Gasteiger partial charge in [0.25, 0.3) is 0 Å². The molecule has 1 saturated heterocycles. The smallest absolute Gasteiger partial charge is 0.224 e. The third-order valence-electron chi connectivity index (χ3n) is 3.38. The van der Waals surface area contributed by atoms with Gasteiger partial charge in [0.05, 0.1) is 13.0 Å². The van der Waals surface area contributed by atoms with Gasteiger partial charge in [0.2, 0.25) is 5.91 Å². The zero-order valence-electron chi connectivity index (χ0n) is 10.1. The Morgan fingerprint density at radius 1 is 1.28 bits per heavy atom. The number of amides is 1. The third-order valence-corrected chi connectivity index (χ3v) is 3.38. The van der Waals surface area contributed by atoms with E-state index in [1.54, 1.807) is 12.5 Å². The van der Waals surface area contributed by atoms with Crippen molar-refractivity contribution in [3.63, 3.8) is 0 Å². The average Bonchev–Trinajstić information content (AvgIpc) is 3.02. The van der Waals surface area contributed by atoms with E-state index in [1.807, 2.05) is 33.9 Å². The lowest BCUT2D eigenvalue weighted by Crippen LogP contribution is -2.27. The topological polar surface area (TPSA) is 38.1 Å². The van der Waals surface area contributed by atoms with Gasteiger partial charge < -0.3 is 9.47 Å². The first kappa shape index (κ1) is 11.0. The zero-order chi connectivity index (χ0) is 12.4. The number of imidazole rings is 1. The first-order valence-electron chi connectivity index (χ1n) is 6.11. The molecule has 1 aliphatic rings. The molecule has 1 aromatic heterocycles. The number of hydrogen-bond acceptors (Lipinski definition) is 2. The maximum absolute atomic E-state index is 12.0. The second kappa shape index (κ2) is 4.64. The maximum Gasteiger partial charge on any atom is 0.224 e. The van der Waals surface area contributed by atoms with Gasteiger partial charge in [-0.1, -0.05) is 30.3 Å². The molecule has 2 aromatic rings. The molecule has 0 spiro atoms. The van der Waals surface area contributed by atoms with Crippen molar-refractivity contribution in [2.45, 2.75) is 19.0 Å². The van der Waals surface area contributed by atoms with Crippen LogP contribution in [-0.4, -0.2) is 26.9 Å². The van der Waals surface area contributed by atoms with Crippen LogP contribution in [0.25, 0.3) is 0 Å². The Balaban J connectivity index is 1.71. The summed E-state index contributed by atoms with van der Waals surface area (Å²) >= 11 is 0. The van der Waals surface area contributed by atoms with Gasteiger partial charge in [-0.3, -0.25) is 4.79 Å². The Hall–Kier alpha value is -2.10. The van der Waals surface area contributed by atoms with Crippen molar-refractivity contribution >= 4 is 5.91 Å². The van der Waals surface area contributed by atoms with E-state index >= 15 is 0 Å². The molecular weight excluding hydrogens is 226 g/mol. The molecule has 1 aliphatic heterocycles. The molecule has 0 radical (unpaired) electrons. The van der Waals surface area contributed by atoms with E-state index in [0.29, 0.717) is 19.0 Å². The van der Waals surface area contributed by atoms with Crippen LogP contribution in [0, 0.1) is 0 Å². The molecule has 18 heavy (non-hydrogen) atoms. The fourth-order valence-electron chi connectivity index (χ4n) is 2.42. The number of likely N-dealkylation sites (tertiary alicyclic amines) is 1. The highest BCUT2D eigenvalue weighted by atomic mass is 16.2. The normalized spacial score (nSPS) is 19.4. The van der Waals surface area contributed by atoms with Crippen LogP contribution in [0.5, 0.6) is 0 Å². The summed E-state index contributed by atoms with van der Waals surface area (Å²) in [6.45, 7) is 1.39. The molecule has 4 nitrogen and oxygen atoms in total. The first-order chi connectivity index (χ1) is 8.83. The van der Waals surface area contributed by atoms with Gasteiger partial charge in [-0.2, -0.15) is 0 Å². The lowest BCUT2D eigenvalue weighted by atomic mass is 9.99. The first-order valence-corrected chi connectivity index (χ1v) is 6.11. The van der Waals surface area contributed by atoms with E-state index in [4.69, 9.17) is 0 Å². The van der Waals surface area contributed by atoms with Crippen molar-refractivity contribution in [1.29, 1.82) is 0 Å². The van der Waals surface area contributed by atoms with E-state index in [2.05, 4.69) is 17.1 Å². The Labute approximate surface area is 106 Å². The Kier molecular flexibility index (Phi) is 2.84. The summed E-state index contributed by atoms with van der Waals surface area (Å²) in [7, 11) is 0. The number of aromatic nitrogens is 2. The predicted octanol–water partition coefficient (Wildman–Crippen LogP) is 1.86. The van der Waals surface area contributed by atoms with Crippen LogP contribution in [0.2, 0.25) is 0 Å². The summed E-state index contributed by atoms with van der Waals surface area (Å²) in [4.78, 5) is 17.9. The summed E-state index contributed by atoms with van der Waals surface area (Å²) in [6.07, 6.45) is 5.96. The standard InChI is InChI=1S/C14H15N3O/c18-14-8-13(12-4-2-1-3-5-12)9-17(14)11-16-7-6-15-10-16/h1-7,10,13H,8-9,11H2. The van der Waals surface area contributed by atoms with E-state index in [0.717, 1.165) is 6.54 Å². The number of benzene rings is 1. The van der Waals surface area contributed by atoms with Crippen molar-refractivity contribution in [2.24, 2.45) is 0 Å². The Morgan fingerprint density at radius 2 is 2.11 bits per heavy atom. The van der Waals surface area contributed by atoms with Crippen molar-refractivity contribution in [1.82, 2.24) is 14.5 Å². The van der Waals surface area contributed by atoms with Crippen LogP contribution < -0.4 is 0 Å². The second-order valence-corrected chi connectivity index (χ2v) is 4.65. The van der Waals surface area contributed by atoms with Crippen molar-refractivity contribution in [3.05, 3.63) is 54.6 Å². The highest BCUT2D eigenvalue weighted by Crippen LogP contribution is 2.28. The molecule has 1 atom stereocenters. The highest BCUT2D eigenvalue weighted by molar-refractivity contribution is 5.79.